The van der Waals surface area contributed by atoms with E-state index in [1.807, 2.05) is 37.3 Å². The van der Waals surface area contributed by atoms with Crippen LogP contribution in [0.25, 0.3) is 0 Å². The van der Waals surface area contributed by atoms with E-state index in [0.29, 0.717) is 6.54 Å². The highest BCUT2D eigenvalue weighted by molar-refractivity contribution is 5.87. The molecular formula is C15H16N2O3. The molecular weight excluding hydrogens is 256 g/mol. The number of rotatable bonds is 4. The molecule has 20 heavy (non-hydrogen) atoms. The predicted octanol–water partition coefficient (Wildman–Crippen LogP) is 1.66. The van der Waals surface area contributed by atoms with E-state index in [0.717, 1.165) is 5.56 Å². The maximum Gasteiger partial charge on any atom is 0.312 e. The Morgan fingerprint density at radius 1 is 1.50 bits per heavy atom. The van der Waals surface area contributed by atoms with Crippen molar-refractivity contribution in [1.82, 2.24) is 4.90 Å². The van der Waals surface area contributed by atoms with Crippen LogP contribution < -0.4 is 0 Å². The summed E-state index contributed by atoms with van der Waals surface area (Å²) in [7, 11) is 0. The van der Waals surface area contributed by atoms with Crippen molar-refractivity contribution in [3.8, 4) is 6.07 Å². The van der Waals surface area contributed by atoms with Crippen molar-refractivity contribution in [2.75, 3.05) is 13.2 Å². The monoisotopic (exact) mass is 272 g/mol. The van der Waals surface area contributed by atoms with Crippen LogP contribution in [-0.4, -0.2) is 29.9 Å². The zero-order valence-corrected chi connectivity index (χ0v) is 11.3. The van der Waals surface area contributed by atoms with E-state index in [-0.39, 0.29) is 25.0 Å². The molecule has 1 aliphatic rings. The molecule has 1 amide bonds. The summed E-state index contributed by atoms with van der Waals surface area (Å²) in [4.78, 5) is 25.4. The molecule has 104 valence electrons. The molecule has 0 unspecified atom stereocenters. The summed E-state index contributed by atoms with van der Waals surface area (Å²) in [5.41, 5.74) is 1.03. The van der Waals surface area contributed by atoms with Gasteiger partial charge in [0.1, 0.15) is 6.07 Å². The highest BCUT2D eigenvalue weighted by atomic mass is 16.5. The lowest BCUT2D eigenvalue weighted by Gasteiger charge is -2.25. The molecule has 5 heteroatoms. The largest absolute Gasteiger partial charge is 0.450 e. The average Bonchev–Trinajstić information content (AvgIpc) is 2.87. The Labute approximate surface area is 117 Å². The first kappa shape index (κ1) is 14.1. The molecule has 0 saturated carbocycles. The highest BCUT2D eigenvalue weighted by Gasteiger charge is 2.37. The van der Waals surface area contributed by atoms with E-state index in [2.05, 4.69) is 0 Å². The van der Waals surface area contributed by atoms with Gasteiger partial charge in [-0.15, -0.1) is 0 Å². The van der Waals surface area contributed by atoms with Gasteiger partial charge in [-0.05, 0) is 12.5 Å². The lowest BCUT2D eigenvalue weighted by atomic mass is 10.1. The van der Waals surface area contributed by atoms with Crippen LogP contribution in [0, 0.1) is 17.2 Å². The fraction of sp³-hybridized carbons (Fsp3) is 0.400. The van der Waals surface area contributed by atoms with E-state index in [9.17, 15) is 9.59 Å². The Bertz CT molecular complexity index is 536. The Hall–Kier alpha value is -2.35. The van der Waals surface area contributed by atoms with E-state index in [1.165, 1.54) is 0 Å². The Balaban J connectivity index is 2.03. The Kier molecular flexibility index (Phi) is 4.36. The van der Waals surface area contributed by atoms with Gasteiger partial charge in [-0.3, -0.25) is 9.59 Å². The molecule has 5 nitrogen and oxygen atoms in total. The SMILES string of the molecule is C[C@@H](c1ccccc1)N1C[C@H](C(=O)OCC#N)CC1=O. The molecule has 2 rings (SSSR count). The van der Waals surface area contributed by atoms with Crippen LogP contribution >= 0.6 is 0 Å². The van der Waals surface area contributed by atoms with Gasteiger partial charge in [-0.2, -0.15) is 5.26 Å². The van der Waals surface area contributed by atoms with Crippen LogP contribution in [0.1, 0.15) is 24.9 Å². The average molecular weight is 272 g/mol. The van der Waals surface area contributed by atoms with Gasteiger partial charge in [0.15, 0.2) is 6.61 Å². The number of carbonyl (C=O) groups excluding carboxylic acids is 2. The van der Waals surface area contributed by atoms with Gasteiger partial charge in [-0.1, -0.05) is 30.3 Å². The molecule has 1 aromatic carbocycles. The van der Waals surface area contributed by atoms with Gasteiger partial charge >= 0.3 is 5.97 Å². The minimum atomic E-state index is -0.470. The zero-order valence-electron chi connectivity index (χ0n) is 11.3. The standard InChI is InChI=1S/C15H16N2O3/c1-11(12-5-3-2-4-6-12)17-10-13(9-14(17)18)15(19)20-8-7-16/h2-6,11,13H,8-10H2,1H3/t11-,13+/m0/s1. The first-order valence-electron chi connectivity index (χ1n) is 6.51. The molecule has 0 radical (unpaired) electrons. The number of hydrogen-bond donors (Lipinski definition) is 0. The Morgan fingerprint density at radius 2 is 2.20 bits per heavy atom. The zero-order chi connectivity index (χ0) is 14.5. The maximum absolute atomic E-state index is 12.0. The summed E-state index contributed by atoms with van der Waals surface area (Å²) in [5.74, 6) is -0.995. The predicted molar refractivity (Wildman–Crippen MR) is 71.2 cm³/mol. The number of esters is 1. The second kappa shape index (κ2) is 6.20. The first-order valence-corrected chi connectivity index (χ1v) is 6.51. The number of nitriles is 1. The molecule has 0 spiro atoms. The quantitative estimate of drug-likeness (QED) is 0.782. The van der Waals surface area contributed by atoms with Gasteiger partial charge in [-0.25, -0.2) is 0 Å². The summed E-state index contributed by atoms with van der Waals surface area (Å²) in [6.07, 6.45) is 0.154. The lowest BCUT2D eigenvalue weighted by Crippen LogP contribution is -2.29. The fourth-order valence-corrected chi connectivity index (χ4v) is 2.40. The van der Waals surface area contributed by atoms with Crippen LogP contribution in [-0.2, 0) is 14.3 Å². The minimum absolute atomic E-state index is 0.0553. The third kappa shape index (κ3) is 2.97. The van der Waals surface area contributed by atoms with Gasteiger partial charge in [0.2, 0.25) is 5.91 Å². The molecule has 0 N–H and O–H groups in total. The van der Waals surface area contributed by atoms with E-state index in [1.54, 1.807) is 11.0 Å². The van der Waals surface area contributed by atoms with Gasteiger partial charge < -0.3 is 9.64 Å². The maximum atomic E-state index is 12.0. The van der Waals surface area contributed by atoms with Crippen molar-refractivity contribution in [2.45, 2.75) is 19.4 Å². The van der Waals surface area contributed by atoms with Crippen LogP contribution in [0.4, 0.5) is 0 Å². The molecule has 1 aromatic rings. The topological polar surface area (TPSA) is 70.4 Å². The van der Waals surface area contributed by atoms with Crippen molar-refractivity contribution in [2.24, 2.45) is 5.92 Å². The molecule has 1 saturated heterocycles. The van der Waals surface area contributed by atoms with Crippen LogP contribution in [0.2, 0.25) is 0 Å². The summed E-state index contributed by atoms with van der Waals surface area (Å²) < 4.78 is 4.78. The van der Waals surface area contributed by atoms with Crippen LogP contribution in [0.15, 0.2) is 30.3 Å². The Morgan fingerprint density at radius 3 is 2.85 bits per heavy atom. The molecule has 0 bridgehead atoms. The smallest absolute Gasteiger partial charge is 0.312 e. The number of nitrogens with zero attached hydrogens (tertiary/aromatic N) is 2. The molecule has 2 atom stereocenters. The third-order valence-corrected chi connectivity index (χ3v) is 3.52. The van der Waals surface area contributed by atoms with Gasteiger partial charge in [0.05, 0.1) is 12.0 Å². The second-order valence-electron chi connectivity index (χ2n) is 4.80. The summed E-state index contributed by atoms with van der Waals surface area (Å²) in [5, 5.41) is 8.39. The van der Waals surface area contributed by atoms with Crippen molar-refractivity contribution >= 4 is 11.9 Å². The van der Waals surface area contributed by atoms with Crippen LogP contribution in [0.3, 0.4) is 0 Å². The van der Waals surface area contributed by atoms with Crippen molar-refractivity contribution in [3.63, 3.8) is 0 Å². The lowest BCUT2D eigenvalue weighted by molar-refractivity contribution is -0.146. The second-order valence-corrected chi connectivity index (χ2v) is 4.80. The van der Waals surface area contributed by atoms with Gasteiger partial charge in [0.25, 0.3) is 0 Å². The first-order chi connectivity index (χ1) is 9.63. The molecule has 0 aromatic heterocycles. The minimum Gasteiger partial charge on any atom is -0.450 e. The number of likely N-dealkylation sites (tertiary alicyclic amines) is 1. The number of ether oxygens (including phenoxy) is 1. The number of hydrogen-bond acceptors (Lipinski definition) is 4. The van der Waals surface area contributed by atoms with Crippen molar-refractivity contribution in [3.05, 3.63) is 35.9 Å². The van der Waals surface area contributed by atoms with Crippen molar-refractivity contribution < 1.29 is 14.3 Å². The summed E-state index contributed by atoms with van der Waals surface area (Å²) >= 11 is 0. The van der Waals surface area contributed by atoms with Crippen molar-refractivity contribution in [1.29, 1.82) is 5.26 Å². The normalized spacial score (nSPS) is 19.5. The van der Waals surface area contributed by atoms with E-state index >= 15 is 0 Å². The third-order valence-electron chi connectivity index (χ3n) is 3.52. The molecule has 1 fully saturated rings. The highest BCUT2D eigenvalue weighted by Crippen LogP contribution is 2.28. The number of amides is 1. The van der Waals surface area contributed by atoms with Crippen LogP contribution in [0.5, 0.6) is 0 Å². The van der Waals surface area contributed by atoms with Gasteiger partial charge in [0, 0.05) is 13.0 Å². The molecule has 1 aliphatic heterocycles. The summed E-state index contributed by atoms with van der Waals surface area (Å²) in [6, 6.07) is 11.4. The number of benzene rings is 1. The number of carbonyl (C=O) groups is 2. The van der Waals surface area contributed by atoms with E-state index in [4.69, 9.17) is 10.00 Å². The molecule has 1 heterocycles. The fourth-order valence-electron chi connectivity index (χ4n) is 2.40. The van der Waals surface area contributed by atoms with E-state index < -0.39 is 11.9 Å². The molecule has 0 aliphatic carbocycles. The summed E-state index contributed by atoms with van der Waals surface area (Å²) in [6.45, 7) is 2.02.